The lowest BCUT2D eigenvalue weighted by Crippen LogP contribution is -2.21. The lowest BCUT2D eigenvalue weighted by Gasteiger charge is -2.26. The van der Waals surface area contributed by atoms with E-state index in [0.717, 1.165) is 12.5 Å². The van der Waals surface area contributed by atoms with Crippen LogP contribution in [-0.4, -0.2) is 28.6 Å². The van der Waals surface area contributed by atoms with Crippen LogP contribution in [0.25, 0.3) is 0 Å². The Morgan fingerprint density at radius 1 is 1.16 bits per heavy atom. The fraction of sp³-hybridized carbons (Fsp3) is 0.750. The summed E-state index contributed by atoms with van der Waals surface area (Å²) in [6.07, 6.45) is 5.14. The summed E-state index contributed by atoms with van der Waals surface area (Å²) in [6.45, 7) is 3.20. The summed E-state index contributed by atoms with van der Waals surface area (Å²) in [6, 6.07) is 0.253. The number of aromatic nitrogens is 3. The first-order chi connectivity index (χ1) is 9.21. The third kappa shape index (κ3) is 3.92. The van der Waals surface area contributed by atoms with Crippen LogP contribution < -0.4 is 21.3 Å². The van der Waals surface area contributed by atoms with Gasteiger partial charge in [-0.2, -0.15) is 15.0 Å². The summed E-state index contributed by atoms with van der Waals surface area (Å²) in [4.78, 5) is 12.3. The van der Waals surface area contributed by atoms with Gasteiger partial charge in [0.25, 0.3) is 0 Å². The molecule has 1 saturated carbocycles. The van der Waals surface area contributed by atoms with Gasteiger partial charge in [-0.1, -0.05) is 19.8 Å². The second-order valence-electron chi connectivity index (χ2n) is 5.12. The highest BCUT2D eigenvalue weighted by Crippen LogP contribution is 2.28. The molecule has 1 fully saturated rings. The third-order valence-electron chi connectivity index (χ3n) is 3.61. The molecule has 1 aromatic heterocycles. The zero-order valence-electron chi connectivity index (χ0n) is 11.5. The van der Waals surface area contributed by atoms with Gasteiger partial charge in [-0.05, 0) is 24.7 Å². The molecule has 0 radical (unpaired) electrons. The predicted molar refractivity (Wildman–Crippen MR) is 73.8 cm³/mol. The second kappa shape index (κ2) is 6.51. The minimum Gasteiger partial charge on any atom is -0.467 e. The van der Waals surface area contributed by atoms with Gasteiger partial charge in [0.1, 0.15) is 0 Å². The molecule has 1 aromatic rings. The number of anilines is 2. The SMILES string of the molecule is COc1nc(NN)nc(NCC2CCC(C)CC2)n1. The first kappa shape index (κ1) is 13.8. The van der Waals surface area contributed by atoms with Crippen LogP contribution >= 0.6 is 0 Å². The lowest BCUT2D eigenvalue weighted by molar-refractivity contribution is 0.300. The van der Waals surface area contributed by atoms with Crippen molar-refractivity contribution in [3.05, 3.63) is 0 Å². The van der Waals surface area contributed by atoms with Crippen molar-refractivity contribution >= 4 is 11.9 Å². The summed E-state index contributed by atoms with van der Waals surface area (Å²) >= 11 is 0. The molecule has 0 amide bonds. The number of nitrogens with two attached hydrogens (primary N) is 1. The molecule has 1 aliphatic carbocycles. The summed E-state index contributed by atoms with van der Waals surface area (Å²) in [5, 5.41) is 3.24. The Balaban J connectivity index is 1.91. The smallest absolute Gasteiger partial charge is 0.322 e. The number of ether oxygens (including phenoxy) is 1. The highest BCUT2D eigenvalue weighted by atomic mass is 16.5. The highest BCUT2D eigenvalue weighted by Gasteiger charge is 2.18. The minimum absolute atomic E-state index is 0.253. The van der Waals surface area contributed by atoms with E-state index in [1.807, 2.05) is 0 Å². The van der Waals surface area contributed by atoms with Gasteiger partial charge in [-0.15, -0.1) is 0 Å². The second-order valence-corrected chi connectivity index (χ2v) is 5.12. The van der Waals surface area contributed by atoms with Gasteiger partial charge in [-0.3, -0.25) is 5.43 Å². The summed E-state index contributed by atoms with van der Waals surface area (Å²) < 4.78 is 5.01. The molecule has 106 valence electrons. The molecule has 2 rings (SSSR count). The molecule has 1 heterocycles. The van der Waals surface area contributed by atoms with Gasteiger partial charge < -0.3 is 10.1 Å². The Bertz CT molecular complexity index is 383. The van der Waals surface area contributed by atoms with Crippen LogP contribution in [0.4, 0.5) is 11.9 Å². The largest absolute Gasteiger partial charge is 0.467 e. The van der Waals surface area contributed by atoms with E-state index in [1.165, 1.54) is 32.8 Å². The maximum atomic E-state index is 5.31. The van der Waals surface area contributed by atoms with Crippen molar-refractivity contribution in [2.75, 3.05) is 24.4 Å². The first-order valence-electron chi connectivity index (χ1n) is 6.71. The molecule has 1 aliphatic rings. The van der Waals surface area contributed by atoms with E-state index in [9.17, 15) is 0 Å². The van der Waals surface area contributed by atoms with Crippen LogP contribution in [0.5, 0.6) is 6.01 Å². The van der Waals surface area contributed by atoms with Crippen LogP contribution in [0.3, 0.4) is 0 Å². The van der Waals surface area contributed by atoms with E-state index in [4.69, 9.17) is 10.6 Å². The first-order valence-corrected chi connectivity index (χ1v) is 6.71. The third-order valence-corrected chi connectivity index (χ3v) is 3.61. The molecule has 0 aromatic carbocycles. The number of hydrogen-bond acceptors (Lipinski definition) is 7. The molecular weight excluding hydrogens is 244 g/mol. The fourth-order valence-corrected chi connectivity index (χ4v) is 2.36. The van der Waals surface area contributed by atoms with Gasteiger partial charge >= 0.3 is 6.01 Å². The van der Waals surface area contributed by atoms with Crippen LogP contribution in [0.2, 0.25) is 0 Å². The Kier molecular flexibility index (Phi) is 4.73. The molecule has 0 aliphatic heterocycles. The Hall–Kier alpha value is -1.63. The summed E-state index contributed by atoms with van der Waals surface area (Å²) in [5.41, 5.74) is 2.40. The molecule has 0 bridgehead atoms. The maximum absolute atomic E-state index is 5.31. The topological polar surface area (TPSA) is 98.0 Å². The van der Waals surface area contributed by atoms with Gasteiger partial charge in [0, 0.05) is 6.54 Å². The Morgan fingerprint density at radius 2 is 1.84 bits per heavy atom. The number of rotatable bonds is 5. The van der Waals surface area contributed by atoms with Crippen LogP contribution in [0.15, 0.2) is 0 Å². The molecule has 0 spiro atoms. The van der Waals surface area contributed by atoms with Crippen molar-refractivity contribution in [3.63, 3.8) is 0 Å². The van der Waals surface area contributed by atoms with Crippen molar-refractivity contribution < 1.29 is 4.74 Å². The zero-order valence-corrected chi connectivity index (χ0v) is 11.5. The predicted octanol–water partition coefficient (Wildman–Crippen LogP) is 1.40. The quantitative estimate of drug-likeness (QED) is 0.547. The number of hydrazine groups is 1. The summed E-state index contributed by atoms with van der Waals surface area (Å²) in [5.74, 6) is 7.66. The van der Waals surface area contributed by atoms with E-state index in [-0.39, 0.29) is 6.01 Å². The average Bonchev–Trinajstić information content (AvgIpc) is 2.46. The number of hydrogen-bond donors (Lipinski definition) is 3. The number of nitrogens with one attached hydrogen (secondary N) is 2. The lowest BCUT2D eigenvalue weighted by atomic mass is 9.83. The molecule has 0 unspecified atom stereocenters. The van der Waals surface area contributed by atoms with E-state index >= 15 is 0 Å². The van der Waals surface area contributed by atoms with Gasteiger partial charge in [0.2, 0.25) is 11.9 Å². The van der Waals surface area contributed by atoms with Crippen molar-refractivity contribution in [3.8, 4) is 6.01 Å². The number of nitrogens with zero attached hydrogens (tertiary/aromatic N) is 3. The molecule has 7 nitrogen and oxygen atoms in total. The number of nitrogen functional groups attached to an aromatic ring is 1. The van der Waals surface area contributed by atoms with Crippen LogP contribution in [-0.2, 0) is 0 Å². The van der Waals surface area contributed by atoms with Gasteiger partial charge in [0.05, 0.1) is 7.11 Å². The van der Waals surface area contributed by atoms with E-state index in [1.54, 1.807) is 0 Å². The molecule has 0 saturated heterocycles. The van der Waals surface area contributed by atoms with E-state index < -0.39 is 0 Å². The highest BCUT2D eigenvalue weighted by molar-refractivity contribution is 5.34. The minimum atomic E-state index is 0.253. The van der Waals surface area contributed by atoms with E-state index in [0.29, 0.717) is 17.8 Å². The molecule has 19 heavy (non-hydrogen) atoms. The summed E-state index contributed by atoms with van der Waals surface area (Å²) in [7, 11) is 1.52. The van der Waals surface area contributed by atoms with Crippen molar-refractivity contribution in [1.82, 2.24) is 15.0 Å². The fourth-order valence-electron chi connectivity index (χ4n) is 2.36. The van der Waals surface area contributed by atoms with Crippen molar-refractivity contribution in [2.45, 2.75) is 32.6 Å². The Morgan fingerprint density at radius 3 is 2.47 bits per heavy atom. The standard InChI is InChI=1S/C12H22N6O/c1-8-3-5-9(6-4-8)7-14-10-15-11(18-13)17-12(16-10)19-2/h8-9H,3-7,13H2,1-2H3,(H2,14,15,16,17,18). The van der Waals surface area contributed by atoms with Crippen LogP contribution in [0, 0.1) is 11.8 Å². The molecule has 0 atom stereocenters. The monoisotopic (exact) mass is 266 g/mol. The molecule has 7 heteroatoms. The normalized spacial score (nSPS) is 22.9. The average molecular weight is 266 g/mol. The van der Waals surface area contributed by atoms with Crippen molar-refractivity contribution in [1.29, 1.82) is 0 Å². The van der Waals surface area contributed by atoms with Gasteiger partial charge in [0.15, 0.2) is 0 Å². The zero-order chi connectivity index (χ0) is 13.7. The molecule has 4 N–H and O–H groups in total. The van der Waals surface area contributed by atoms with Crippen molar-refractivity contribution in [2.24, 2.45) is 17.7 Å². The van der Waals surface area contributed by atoms with Crippen LogP contribution in [0.1, 0.15) is 32.6 Å². The molecular formula is C12H22N6O. The van der Waals surface area contributed by atoms with E-state index in [2.05, 4.69) is 32.6 Å². The maximum Gasteiger partial charge on any atom is 0.322 e. The van der Waals surface area contributed by atoms with Gasteiger partial charge in [-0.25, -0.2) is 5.84 Å². The Labute approximate surface area is 113 Å². The number of methoxy groups -OCH3 is 1.